The van der Waals surface area contributed by atoms with Crippen LogP contribution in [0.1, 0.15) is 24.8 Å². The fourth-order valence-electron chi connectivity index (χ4n) is 2.50. The summed E-state index contributed by atoms with van der Waals surface area (Å²) >= 11 is 0. The molecule has 0 bridgehead atoms. The van der Waals surface area contributed by atoms with Crippen LogP contribution in [0.2, 0.25) is 0 Å². The van der Waals surface area contributed by atoms with Gasteiger partial charge in [0.05, 0.1) is 0 Å². The topological polar surface area (TPSA) is 40.5 Å². The molecule has 0 aliphatic carbocycles. The Morgan fingerprint density at radius 2 is 2.11 bits per heavy atom. The van der Waals surface area contributed by atoms with Gasteiger partial charge in [0.2, 0.25) is 5.91 Å². The van der Waals surface area contributed by atoms with Crippen molar-refractivity contribution in [2.75, 3.05) is 19.7 Å². The zero-order valence-electron chi connectivity index (χ0n) is 11.0. The number of amides is 1. The van der Waals surface area contributed by atoms with Gasteiger partial charge in [0.15, 0.2) is 0 Å². The predicted molar refractivity (Wildman–Crippen MR) is 71.1 cm³/mol. The molecule has 4 heteroatoms. The van der Waals surface area contributed by atoms with Crippen LogP contribution in [0.15, 0.2) is 24.3 Å². The highest BCUT2D eigenvalue weighted by Crippen LogP contribution is 2.17. The zero-order valence-corrected chi connectivity index (χ0v) is 11.0. The van der Waals surface area contributed by atoms with Gasteiger partial charge in [0.25, 0.3) is 0 Å². The van der Waals surface area contributed by atoms with Gasteiger partial charge in [-0.1, -0.05) is 12.1 Å². The van der Waals surface area contributed by atoms with Gasteiger partial charge >= 0.3 is 0 Å². The molecular weight excluding hydrogens is 245 g/mol. The van der Waals surface area contributed by atoms with E-state index in [0.29, 0.717) is 19.4 Å². The van der Waals surface area contributed by atoms with Crippen molar-refractivity contribution in [3.8, 4) is 0 Å². The van der Waals surface area contributed by atoms with Gasteiger partial charge < -0.3 is 10.0 Å². The summed E-state index contributed by atoms with van der Waals surface area (Å²) < 4.78 is 12.8. The average Bonchev–Trinajstić information content (AvgIpc) is 2.46. The Morgan fingerprint density at radius 3 is 2.79 bits per heavy atom. The SMILES string of the molecule is O=C(CCc1ccc(F)cc1)N1CCCC(CO)C1. The molecule has 104 valence electrons. The summed E-state index contributed by atoms with van der Waals surface area (Å²) in [5.41, 5.74) is 0.977. The van der Waals surface area contributed by atoms with Crippen LogP contribution < -0.4 is 0 Å². The summed E-state index contributed by atoms with van der Waals surface area (Å²) in [7, 11) is 0. The third kappa shape index (κ3) is 4.03. The van der Waals surface area contributed by atoms with Gasteiger partial charge in [-0.2, -0.15) is 0 Å². The van der Waals surface area contributed by atoms with Crippen molar-refractivity contribution in [2.45, 2.75) is 25.7 Å². The van der Waals surface area contributed by atoms with Crippen LogP contribution in [0.4, 0.5) is 4.39 Å². The van der Waals surface area contributed by atoms with Gasteiger partial charge in [-0.15, -0.1) is 0 Å². The fourth-order valence-corrected chi connectivity index (χ4v) is 2.50. The average molecular weight is 265 g/mol. The molecule has 0 aromatic heterocycles. The molecule has 1 aromatic rings. The number of piperidine rings is 1. The number of halogens is 1. The minimum Gasteiger partial charge on any atom is -0.396 e. The van der Waals surface area contributed by atoms with Gasteiger partial charge in [-0.25, -0.2) is 4.39 Å². The second-order valence-corrected chi connectivity index (χ2v) is 5.16. The third-order valence-electron chi connectivity index (χ3n) is 3.67. The first-order chi connectivity index (χ1) is 9.19. The molecule has 1 N–H and O–H groups in total. The number of hydrogen-bond donors (Lipinski definition) is 1. The van der Waals surface area contributed by atoms with Crippen LogP contribution in [0.25, 0.3) is 0 Å². The summed E-state index contributed by atoms with van der Waals surface area (Å²) in [6, 6.07) is 6.27. The number of rotatable bonds is 4. The lowest BCUT2D eigenvalue weighted by atomic mass is 9.98. The Bertz CT molecular complexity index is 419. The number of benzene rings is 1. The lowest BCUT2D eigenvalue weighted by Gasteiger charge is -2.32. The lowest BCUT2D eigenvalue weighted by Crippen LogP contribution is -2.41. The largest absolute Gasteiger partial charge is 0.396 e. The standard InChI is InChI=1S/C15H20FNO2/c16-14-6-3-12(4-7-14)5-8-15(19)17-9-1-2-13(10-17)11-18/h3-4,6-7,13,18H,1-2,5,8-11H2. The van der Waals surface area contributed by atoms with Gasteiger partial charge in [-0.3, -0.25) is 4.79 Å². The van der Waals surface area contributed by atoms with Gasteiger partial charge in [0.1, 0.15) is 5.82 Å². The van der Waals surface area contributed by atoms with Crippen molar-refractivity contribution in [3.05, 3.63) is 35.6 Å². The van der Waals surface area contributed by atoms with Crippen LogP contribution in [0.5, 0.6) is 0 Å². The Morgan fingerprint density at radius 1 is 1.37 bits per heavy atom. The summed E-state index contributed by atoms with van der Waals surface area (Å²) in [6.07, 6.45) is 3.05. The first kappa shape index (κ1) is 14.0. The molecule has 1 aliphatic rings. The number of carbonyl (C=O) groups is 1. The predicted octanol–water partition coefficient (Wildman–Crippen LogP) is 1.99. The van der Waals surface area contributed by atoms with Crippen molar-refractivity contribution < 1.29 is 14.3 Å². The molecule has 3 nitrogen and oxygen atoms in total. The van der Waals surface area contributed by atoms with E-state index in [9.17, 15) is 9.18 Å². The molecule has 0 spiro atoms. The van der Waals surface area contributed by atoms with E-state index in [-0.39, 0.29) is 24.2 Å². The van der Waals surface area contributed by atoms with Gasteiger partial charge in [-0.05, 0) is 42.9 Å². The molecular formula is C15H20FNO2. The monoisotopic (exact) mass is 265 g/mol. The Labute approximate surface area is 113 Å². The van der Waals surface area contributed by atoms with Crippen molar-refractivity contribution >= 4 is 5.91 Å². The summed E-state index contributed by atoms with van der Waals surface area (Å²) in [5.74, 6) is 0.0999. The minimum atomic E-state index is -0.253. The lowest BCUT2D eigenvalue weighted by molar-refractivity contribution is -0.133. The van der Waals surface area contributed by atoms with Gasteiger partial charge in [0, 0.05) is 26.1 Å². The molecule has 1 unspecified atom stereocenters. The maximum atomic E-state index is 12.8. The molecule has 0 radical (unpaired) electrons. The van der Waals surface area contributed by atoms with Crippen molar-refractivity contribution in [1.82, 2.24) is 4.90 Å². The first-order valence-electron chi connectivity index (χ1n) is 6.82. The van der Waals surface area contributed by atoms with E-state index in [4.69, 9.17) is 5.11 Å². The maximum absolute atomic E-state index is 12.8. The van der Waals surface area contributed by atoms with Crippen LogP contribution in [-0.4, -0.2) is 35.6 Å². The van der Waals surface area contributed by atoms with E-state index in [1.807, 2.05) is 4.90 Å². The number of hydrogen-bond acceptors (Lipinski definition) is 2. The Kier molecular flexibility index (Phi) is 4.91. The minimum absolute atomic E-state index is 0.127. The number of nitrogens with zero attached hydrogens (tertiary/aromatic N) is 1. The molecule has 1 amide bonds. The van der Waals surface area contributed by atoms with Crippen molar-refractivity contribution in [1.29, 1.82) is 0 Å². The normalized spacial score (nSPS) is 19.5. The third-order valence-corrected chi connectivity index (χ3v) is 3.67. The first-order valence-corrected chi connectivity index (χ1v) is 6.82. The number of aliphatic hydroxyl groups excluding tert-OH is 1. The van der Waals surface area contributed by atoms with Crippen LogP contribution in [0, 0.1) is 11.7 Å². The molecule has 1 atom stereocenters. The van der Waals surface area contributed by atoms with Crippen molar-refractivity contribution in [3.63, 3.8) is 0 Å². The molecule has 0 saturated carbocycles. The highest BCUT2D eigenvalue weighted by atomic mass is 19.1. The molecule has 1 heterocycles. The number of carbonyl (C=O) groups excluding carboxylic acids is 1. The Balaban J connectivity index is 1.82. The van der Waals surface area contributed by atoms with E-state index in [1.165, 1.54) is 12.1 Å². The highest BCUT2D eigenvalue weighted by Gasteiger charge is 2.22. The van der Waals surface area contributed by atoms with Crippen molar-refractivity contribution in [2.24, 2.45) is 5.92 Å². The van der Waals surface area contributed by atoms with Crippen LogP contribution in [0.3, 0.4) is 0 Å². The summed E-state index contributed by atoms with van der Waals surface area (Å²) in [6.45, 7) is 1.61. The van der Waals surface area contributed by atoms with E-state index in [0.717, 1.165) is 24.9 Å². The van der Waals surface area contributed by atoms with E-state index >= 15 is 0 Å². The molecule has 1 aromatic carbocycles. The second-order valence-electron chi connectivity index (χ2n) is 5.16. The number of aliphatic hydroxyl groups is 1. The maximum Gasteiger partial charge on any atom is 0.222 e. The van der Waals surface area contributed by atoms with E-state index in [1.54, 1.807) is 12.1 Å². The van der Waals surface area contributed by atoms with Crippen LogP contribution in [-0.2, 0) is 11.2 Å². The highest BCUT2D eigenvalue weighted by molar-refractivity contribution is 5.76. The smallest absolute Gasteiger partial charge is 0.222 e. The Hall–Kier alpha value is -1.42. The number of aryl methyl sites for hydroxylation is 1. The summed E-state index contributed by atoms with van der Waals surface area (Å²) in [5, 5.41) is 9.15. The fraction of sp³-hybridized carbons (Fsp3) is 0.533. The zero-order chi connectivity index (χ0) is 13.7. The second kappa shape index (κ2) is 6.66. The molecule has 19 heavy (non-hydrogen) atoms. The summed E-state index contributed by atoms with van der Waals surface area (Å²) in [4.78, 5) is 13.9. The molecule has 1 fully saturated rings. The quantitative estimate of drug-likeness (QED) is 0.904. The molecule has 1 saturated heterocycles. The number of likely N-dealkylation sites (tertiary alicyclic amines) is 1. The van der Waals surface area contributed by atoms with Crippen LogP contribution >= 0.6 is 0 Å². The molecule has 1 aliphatic heterocycles. The van der Waals surface area contributed by atoms with E-state index < -0.39 is 0 Å². The molecule has 2 rings (SSSR count). The van der Waals surface area contributed by atoms with E-state index in [2.05, 4.69) is 0 Å².